The summed E-state index contributed by atoms with van der Waals surface area (Å²) in [6.45, 7) is 7.29. The maximum absolute atomic E-state index is 5.26. The van der Waals surface area contributed by atoms with Gasteiger partial charge in [0.05, 0.1) is 12.8 Å². The van der Waals surface area contributed by atoms with Gasteiger partial charge in [-0.15, -0.1) is 0 Å². The normalized spacial score (nSPS) is 17.4. The summed E-state index contributed by atoms with van der Waals surface area (Å²) in [6, 6.07) is 3.64. The summed E-state index contributed by atoms with van der Waals surface area (Å²) in [5.74, 6) is 2.60. The van der Waals surface area contributed by atoms with Gasteiger partial charge in [-0.3, -0.25) is 4.90 Å². The maximum atomic E-state index is 5.26. The van der Waals surface area contributed by atoms with Crippen molar-refractivity contribution < 1.29 is 8.94 Å². The third-order valence-corrected chi connectivity index (χ3v) is 3.96. The Morgan fingerprint density at radius 1 is 1.38 bits per heavy atom. The molecule has 1 aliphatic rings. The topological polar surface area (TPSA) is 67.3 Å². The van der Waals surface area contributed by atoms with Gasteiger partial charge in [0.15, 0.2) is 11.6 Å². The molecule has 0 atom stereocenters. The van der Waals surface area contributed by atoms with Crippen LogP contribution in [0.4, 0.5) is 0 Å². The standard InChI is InChI=1S/C15H22N4O2/c1-2-16-10-12-5-7-19(8-6-12)11-14-17-15(21-18-14)13-4-3-9-20-13/h3-4,9,12,16H,2,5-8,10-11H2,1H3. The van der Waals surface area contributed by atoms with Gasteiger partial charge in [-0.2, -0.15) is 4.98 Å². The number of furan rings is 1. The van der Waals surface area contributed by atoms with Crippen molar-refractivity contribution in [2.45, 2.75) is 26.3 Å². The minimum absolute atomic E-state index is 0.456. The van der Waals surface area contributed by atoms with Crippen LogP contribution in [0.5, 0.6) is 0 Å². The zero-order valence-electron chi connectivity index (χ0n) is 12.4. The van der Waals surface area contributed by atoms with Crippen LogP contribution in [0.2, 0.25) is 0 Å². The van der Waals surface area contributed by atoms with Gasteiger partial charge in [0.1, 0.15) is 0 Å². The van der Waals surface area contributed by atoms with Gasteiger partial charge in [-0.25, -0.2) is 0 Å². The van der Waals surface area contributed by atoms with E-state index in [1.165, 1.54) is 12.8 Å². The number of piperidine rings is 1. The van der Waals surface area contributed by atoms with Gasteiger partial charge >= 0.3 is 0 Å². The Hall–Kier alpha value is -1.66. The highest BCUT2D eigenvalue weighted by Gasteiger charge is 2.20. The van der Waals surface area contributed by atoms with Crippen molar-refractivity contribution in [2.75, 3.05) is 26.2 Å². The Bertz CT molecular complexity index is 530. The lowest BCUT2D eigenvalue weighted by Gasteiger charge is -2.31. The minimum atomic E-state index is 0.456. The Labute approximate surface area is 124 Å². The predicted molar refractivity (Wildman–Crippen MR) is 78.5 cm³/mol. The summed E-state index contributed by atoms with van der Waals surface area (Å²) >= 11 is 0. The number of aromatic nitrogens is 2. The van der Waals surface area contributed by atoms with E-state index in [0.29, 0.717) is 11.7 Å². The number of hydrogen-bond donors (Lipinski definition) is 1. The molecule has 1 aliphatic heterocycles. The van der Waals surface area contributed by atoms with Gasteiger partial charge in [-0.05, 0) is 57.1 Å². The van der Waals surface area contributed by atoms with E-state index in [9.17, 15) is 0 Å². The average Bonchev–Trinajstić information content (AvgIpc) is 3.17. The fraction of sp³-hybridized carbons (Fsp3) is 0.600. The van der Waals surface area contributed by atoms with Crippen LogP contribution < -0.4 is 5.32 Å². The number of nitrogens with one attached hydrogen (secondary N) is 1. The molecule has 2 aromatic rings. The van der Waals surface area contributed by atoms with Gasteiger partial charge in [-0.1, -0.05) is 12.1 Å². The lowest BCUT2D eigenvalue weighted by molar-refractivity contribution is 0.171. The molecule has 3 heterocycles. The fourth-order valence-corrected chi connectivity index (χ4v) is 2.72. The summed E-state index contributed by atoms with van der Waals surface area (Å²) in [5, 5.41) is 7.47. The van der Waals surface area contributed by atoms with E-state index in [0.717, 1.165) is 44.5 Å². The number of hydrogen-bond acceptors (Lipinski definition) is 6. The first kappa shape index (κ1) is 14.3. The van der Waals surface area contributed by atoms with E-state index in [4.69, 9.17) is 8.94 Å². The van der Waals surface area contributed by atoms with Crippen molar-refractivity contribution in [1.29, 1.82) is 0 Å². The first-order valence-corrected chi connectivity index (χ1v) is 7.64. The van der Waals surface area contributed by atoms with E-state index in [1.54, 1.807) is 6.26 Å². The molecule has 0 aromatic carbocycles. The highest BCUT2D eigenvalue weighted by Crippen LogP contribution is 2.20. The summed E-state index contributed by atoms with van der Waals surface area (Å²) in [7, 11) is 0. The molecule has 0 spiro atoms. The Morgan fingerprint density at radius 2 is 2.24 bits per heavy atom. The van der Waals surface area contributed by atoms with Crippen LogP contribution in [0.15, 0.2) is 27.3 Å². The van der Waals surface area contributed by atoms with E-state index < -0.39 is 0 Å². The summed E-state index contributed by atoms with van der Waals surface area (Å²) in [4.78, 5) is 6.78. The first-order chi connectivity index (χ1) is 10.3. The molecular weight excluding hydrogens is 268 g/mol. The van der Waals surface area contributed by atoms with Gasteiger partial charge < -0.3 is 14.3 Å². The molecule has 0 aliphatic carbocycles. The SMILES string of the molecule is CCNCC1CCN(Cc2noc(-c3ccco3)n2)CC1. The highest BCUT2D eigenvalue weighted by atomic mass is 16.5. The Balaban J connectivity index is 1.49. The third-order valence-electron chi connectivity index (χ3n) is 3.96. The van der Waals surface area contributed by atoms with Crippen molar-refractivity contribution in [3.8, 4) is 11.7 Å². The molecule has 6 nitrogen and oxygen atoms in total. The van der Waals surface area contributed by atoms with Crippen LogP contribution in [0.3, 0.4) is 0 Å². The third kappa shape index (κ3) is 3.71. The molecule has 1 saturated heterocycles. The first-order valence-electron chi connectivity index (χ1n) is 7.64. The molecule has 0 saturated carbocycles. The fourth-order valence-electron chi connectivity index (χ4n) is 2.72. The molecule has 3 rings (SSSR count). The molecular formula is C15H22N4O2. The highest BCUT2D eigenvalue weighted by molar-refractivity contribution is 5.42. The van der Waals surface area contributed by atoms with Crippen LogP contribution in [0, 0.1) is 5.92 Å². The number of rotatable bonds is 6. The molecule has 21 heavy (non-hydrogen) atoms. The number of nitrogens with zero attached hydrogens (tertiary/aromatic N) is 3. The molecule has 0 radical (unpaired) electrons. The zero-order valence-corrected chi connectivity index (χ0v) is 12.4. The molecule has 1 N–H and O–H groups in total. The molecule has 0 unspecified atom stereocenters. The molecule has 6 heteroatoms. The van der Waals surface area contributed by atoms with Crippen molar-refractivity contribution >= 4 is 0 Å². The van der Waals surface area contributed by atoms with Crippen molar-refractivity contribution in [1.82, 2.24) is 20.4 Å². The smallest absolute Gasteiger partial charge is 0.293 e. The number of likely N-dealkylation sites (tertiary alicyclic amines) is 1. The Kier molecular flexibility index (Phi) is 4.67. The van der Waals surface area contributed by atoms with E-state index in [2.05, 4.69) is 27.3 Å². The second-order valence-electron chi connectivity index (χ2n) is 5.52. The Morgan fingerprint density at radius 3 is 2.95 bits per heavy atom. The molecule has 0 bridgehead atoms. The molecule has 0 amide bonds. The summed E-state index contributed by atoms with van der Waals surface area (Å²) < 4.78 is 10.5. The summed E-state index contributed by atoms with van der Waals surface area (Å²) in [6.07, 6.45) is 4.07. The van der Waals surface area contributed by atoms with E-state index >= 15 is 0 Å². The lowest BCUT2D eigenvalue weighted by Crippen LogP contribution is -2.37. The van der Waals surface area contributed by atoms with Gasteiger partial charge in [0, 0.05) is 0 Å². The molecule has 2 aromatic heterocycles. The largest absolute Gasteiger partial charge is 0.459 e. The lowest BCUT2D eigenvalue weighted by atomic mass is 9.97. The monoisotopic (exact) mass is 290 g/mol. The molecule has 1 fully saturated rings. The predicted octanol–water partition coefficient (Wildman–Crippen LogP) is 2.15. The van der Waals surface area contributed by atoms with Gasteiger partial charge in [0.25, 0.3) is 5.89 Å². The minimum Gasteiger partial charge on any atom is -0.459 e. The average molecular weight is 290 g/mol. The van der Waals surface area contributed by atoms with Crippen LogP contribution in [0.1, 0.15) is 25.6 Å². The quantitative estimate of drug-likeness (QED) is 0.879. The zero-order chi connectivity index (χ0) is 14.5. The second-order valence-corrected chi connectivity index (χ2v) is 5.52. The maximum Gasteiger partial charge on any atom is 0.293 e. The van der Waals surface area contributed by atoms with Crippen LogP contribution in [-0.4, -0.2) is 41.2 Å². The van der Waals surface area contributed by atoms with E-state index in [1.807, 2.05) is 12.1 Å². The van der Waals surface area contributed by atoms with Gasteiger partial charge in [0.2, 0.25) is 0 Å². The van der Waals surface area contributed by atoms with Crippen molar-refractivity contribution in [3.63, 3.8) is 0 Å². The van der Waals surface area contributed by atoms with Crippen LogP contribution in [-0.2, 0) is 6.54 Å². The second kappa shape index (κ2) is 6.87. The summed E-state index contributed by atoms with van der Waals surface area (Å²) in [5.41, 5.74) is 0. The van der Waals surface area contributed by atoms with Crippen LogP contribution >= 0.6 is 0 Å². The van der Waals surface area contributed by atoms with E-state index in [-0.39, 0.29) is 0 Å². The van der Waals surface area contributed by atoms with Crippen molar-refractivity contribution in [2.24, 2.45) is 5.92 Å². The van der Waals surface area contributed by atoms with Crippen LogP contribution in [0.25, 0.3) is 11.7 Å². The van der Waals surface area contributed by atoms with Crippen molar-refractivity contribution in [3.05, 3.63) is 24.2 Å². The molecule has 114 valence electrons.